The summed E-state index contributed by atoms with van der Waals surface area (Å²) < 4.78 is 5.49. The first-order valence-corrected chi connectivity index (χ1v) is 8.34. The number of benzene rings is 1. The predicted octanol–water partition coefficient (Wildman–Crippen LogP) is 2.06. The van der Waals surface area contributed by atoms with Crippen LogP contribution in [-0.2, 0) is 4.74 Å². The molecule has 2 aromatic rings. The fourth-order valence-electron chi connectivity index (χ4n) is 3.21. The summed E-state index contributed by atoms with van der Waals surface area (Å²) in [4.78, 5) is 16.7. The first-order chi connectivity index (χ1) is 11.3. The number of likely N-dealkylation sites (N-methyl/N-ethyl adjacent to an activating group) is 1. The van der Waals surface area contributed by atoms with Crippen LogP contribution in [0.3, 0.4) is 0 Å². The van der Waals surface area contributed by atoms with Gasteiger partial charge in [-0.05, 0) is 19.2 Å². The monoisotopic (exact) mass is 385 g/mol. The summed E-state index contributed by atoms with van der Waals surface area (Å²) in [7, 11) is 2.16. The Hall–Kier alpha value is -1.34. The van der Waals surface area contributed by atoms with Gasteiger partial charge in [-0.25, -0.2) is 4.98 Å². The molecule has 0 aliphatic carbocycles. The largest absolute Gasteiger partial charge is 0.378 e. The quantitative estimate of drug-likeness (QED) is 0.788. The minimum absolute atomic E-state index is 0. The average molecular weight is 386 g/mol. The maximum absolute atomic E-state index is 5.49. The van der Waals surface area contributed by atoms with Crippen molar-refractivity contribution in [3.8, 4) is 0 Å². The number of halogens is 2. The minimum Gasteiger partial charge on any atom is -0.378 e. The number of rotatable bonds is 2. The molecule has 25 heavy (non-hydrogen) atoms. The van der Waals surface area contributed by atoms with Gasteiger partial charge >= 0.3 is 0 Å². The van der Waals surface area contributed by atoms with Crippen molar-refractivity contribution in [2.75, 3.05) is 69.3 Å². The molecule has 0 atom stereocenters. The second-order valence-corrected chi connectivity index (χ2v) is 6.25. The Morgan fingerprint density at radius 1 is 0.840 bits per heavy atom. The maximum Gasteiger partial charge on any atom is 0.227 e. The van der Waals surface area contributed by atoms with Crippen LogP contribution >= 0.6 is 24.8 Å². The highest BCUT2D eigenvalue weighted by Gasteiger charge is 2.21. The van der Waals surface area contributed by atoms with Crippen molar-refractivity contribution in [1.29, 1.82) is 0 Å². The SMILES string of the molecule is CN1CCN(c2nc(N3CCOCC3)c3ccccc3n2)CC1.Cl.Cl. The number of fused-ring (bicyclic) bond motifs is 1. The van der Waals surface area contributed by atoms with E-state index in [0.717, 1.165) is 75.2 Å². The number of aromatic nitrogens is 2. The van der Waals surface area contributed by atoms with Crippen molar-refractivity contribution in [1.82, 2.24) is 14.9 Å². The number of ether oxygens (including phenoxy) is 1. The number of morpholine rings is 1. The van der Waals surface area contributed by atoms with Gasteiger partial charge in [0, 0.05) is 44.7 Å². The molecule has 138 valence electrons. The van der Waals surface area contributed by atoms with Crippen molar-refractivity contribution in [3.63, 3.8) is 0 Å². The zero-order chi connectivity index (χ0) is 15.6. The third kappa shape index (κ3) is 4.26. The fourth-order valence-corrected chi connectivity index (χ4v) is 3.21. The Morgan fingerprint density at radius 2 is 1.52 bits per heavy atom. The lowest BCUT2D eigenvalue weighted by Gasteiger charge is -2.34. The van der Waals surface area contributed by atoms with Crippen molar-refractivity contribution >= 4 is 47.5 Å². The smallest absolute Gasteiger partial charge is 0.227 e. The number of hydrogen-bond donors (Lipinski definition) is 0. The zero-order valence-corrected chi connectivity index (χ0v) is 16.1. The molecular weight excluding hydrogens is 361 g/mol. The van der Waals surface area contributed by atoms with Gasteiger partial charge in [-0.1, -0.05) is 12.1 Å². The zero-order valence-electron chi connectivity index (χ0n) is 14.4. The van der Waals surface area contributed by atoms with E-state index < -0.39 is 0 Å². The Bertz CT molecular complexity index is 688. The molecule has 0 saturated carbocycles. The molecule has 4 rings (SSSR count). The molecule has 0 spiro atoms. The van der Waals surface area contributed by atoms with Crippen LogP contribution in [0.5, 0.6) is 0 Å². The summed E-state index contributed by atoms with van der Waals surface area (Å²) in [5.74, 6) is 1.91. The molecule has 1 aromatic heterocycles. The van der Waals surface area contributed by atoms with Gasteiger partial charge in [0.15, 0.2) is 0 Å². The number of hydrogen-bond acceptors (Lipinski definition) is 6. The van der Waals surface area contributed by atoms with E-state index in [2.05, 4.69) is 39.9 Å². The molecule has 0 bridgehead atoms. The van der Waals surface area contributed by atoms with Gasteiger partial charge in [-0.2, -0.15) is 4.98 Å². The molecule has 6 nitrogen and oxygen atoms in total. The predicted molar refractivity (Wildman–Crippen MR) is 107 cm³/mol. The molecule has 2 aliphatic heterocycles. The lowest BCUT2D eigenvalue weighted by Crippen LogP contribution is -2.45. The van der Waals surface area contributed by atoms with Crippen LogP contribution in [0.2, 0.25) is 0 Å². The number of para-hydroxylation sites is 1. The van der Waals surface area contributed by atoms with Gasteiger partial charge in [0.25, 0.3) is 0 Å². The van der Waals surface area contributed by atoms with E-state index in [1.807, 2.05) is 6.07 Å². The summed E-state index contributed by atoms with van der Waals surface area (Å²) in [6, 6.07) is 8.31. The molecular formula is C17H25Cl2N5O. The number of piperazine rings is 1. The second kappa shape index (κ2) is 8.85. The van der Waals surface area contributed by atoms with Crippen LogP contribution in [0, 0.1) is 0 Å². The van der Waals surface area contributed by atoms with E-state index in [-0.39, 0.29) is 24.8 Å². The van der Waals surface area contributed by atoms with Gasteiger partial charge in [0.2, 0.25) is 5.95 Å². The van der Waals surface area contributed by atoms with Crippen LogP contribution in [0.4, 0.5) is 11.8 Å². The molecule has 1 aromatic carbocycles. The van der Waals surface area contributed by atoms with Gasteiger partial charge in [-0.3, -0.25) is 0 Å². The molecule has 3 heterocycles. The molecule has 0 radical (unpaired) electrons. The number of nitrogens with zero attached hydrogens (tertiary/aromatic N) is 5. The summed E-state index contributed by atoms with van der Waals surface area (Å²) in [6.07, 6.45) is 0. The van der Waals surface area contributed by atoms with Gasteiger partial charge < -0.3 is 19.4 Å². The van der Waals surface area contributed by atoms with E-state index >= 15 is 0 Å². The van der Waals surface area contributed by atoms with Crippen molar-refractivity contribution in [3.05, 3.63) is 24.3 Å². The molecule has 2 saturated heterocycles. The lowest BCUT2D eigenvalue weighted by atomic mass is 10.2. The topological polar surface area (TPSA) is 44.7 Å². The van der Waals surface area contributed by atoms with E-state index in [4.69, 9.17) is 14.7 Å². The first-order valence-electron chi connectivity index (χ1n) is 8.34. The Morgan fingerprint density at radius 3 is 2.24 bits per heavy atom. The third-order valence-electron chi connectivity index (χ3n) is 4.67. The highest BCUT2D eigenvalue weighted by molar-refractivity contribution is 5.90. The molecule has 0 amide bonds. The van der Waals surface area contributed by atoms with Crippen LogP contribution in [0.1, 0.15) is 0 Å². The summed E-state index contributed by atoms with van der Waals surface area (Å²) in [5, 5.41) is 1.13. The Labute approximate surface area is 161 Å². The molecule has 0 N–H and O–H groups in total. The molecule has 0 unspecified atom stereocenters. The van der Waals surface area contributed by atoms with Crippen LogP contribution in [-0.4, -0.2) is 74.4 Å². The third-order valence-corrected chi connectivity index (χ3v) is 4.67. The minimum atomic E-state index is 0. The van der Waals surface area contributed by atoms with Crippen molar-refractivity contribution in [2.24, 2.45) is 0 Å². The lowest BCUT2D eigenvalue weighted by molar-refractivity contribution is 0.122. The first kappa shape index (κ1) is 20.0. The number of anilines is 2. The van der Waals surface area contributed by atoms with Crippen molar-refractivity contribution < 1.29 is 4.74 Å². The van der Waals surface area contributed by atoms with E-state index in [9.17, 15) is 0 Å². The molecule has 2 fully saturated rings. The van der Waals surface area contributed by atoms with Crippen molar-refractivity contribution in [2.45, 2.75) is 0 Å². The highest BCUT2D eigenvalue weighted by atomic mass is 35.5. The summed E-state index contributed by atoms with van der Waals surface area (Å²) in [6.45, 7) is 7.40. The Balaban J connectivity index is 0.00000113. The van der Waals surface area contributed by atoms with E-state index in [1.54, 1.807) is 0 Å². The van der Waals surface area contributed by atoms with E-state index in [1.165, 1.54) is 0 Å². The molecule has 8 heteroatoms. The normalized spacial score (nSPS) is 18.6. The van der Waals surface area contributed by atoms with E-state index in [0.29, 0.717) is 0 Å². The van der Waals surface area contributed by atoms with Crippen LogP contribution < -0.4 is 9.80 Å². The second-order valence-electron chi connectivity index (χ2n) is 6.25. The van der Waals surface area contributed by atoms with Gasteiger partial charge in [0.05, 0.1) is 18.7 Å². The standard InChI is InChI=1S/C17H23N5O.2ClH/c1-20-6-8-22(9-7-20)17-18-15-5-3-2-4-14(15)16(19-17)21-10-12-23-13-11-21;;/h2-5H,6-13H2,1H3;2*1H. The van der Waals surface area contributed by atoms with Gasteiger partial charge in [-0.15, -0.1) is 24.8 Å². The summed E-state index contributed by atoms with van der Waals surface area (Å²) in [5.41, 5.74) is 1.03. The maximum atomic E-state index is 5.49. The Kier molecular flexibility index (Phi) is 7.07. The van der Waals surface area contributed by atoms with Gasteiger partial charge in [0.1, 0.15) is 5.82 Å². The van der Waals surface area contributed by atoms with Crippen LogP contribution in [0.25, 0.3) is 10.9 Å². The average Bonchev–Trinajstić information content (AvgIpc) is 2.62. The summed E-state index contributed by atoms with van der Waals surface area (Å²) >= 11 is 0. The van der Waals surface area contributed by atoms with Crippen LogP contribution in [0.15, 0.2) is 24.3 Å². The molecule has 2 aliphatic rings. The highest BCUT2D eigenvalue weighted by Crippen LogP contribution is 2.27. The fraction of sp³-hybridized carbons (Fsp3) is 0.529.